The maximum absolute atomic E-state index is 13.4. The summed E-state index contributed by atoms with van der Waals surface area (Å²) in [6.07, 6.45) is -3.46. The van der Waals surface area contributed by atoms with Gasteiger partial charge in [-0.1, -0.05) is 11.6 Å². The highest BCUT2D eigenvalue weighted by atomic mass is 35.5. The third-order valence-electron chi connectivity index (χ3n) is 8.40. The Morgan fingerprint density at radius 3 is 2.67 bits per heavy atom. The number of halogens is 4. The van der Waals surface area contributed by atoms with Gasteiger partial charge in [0, 0.05) is 61.8 Å². The average molecular weight is 607 g/mol. The minimum Gasteiger partial charge on any atom is -0.366 e. The van der Waals surface area contributed by atoms with Crippen molar-refractivity contribution in [1.82, 2.24) is 31.2 Å². The molecule has 4 aliphatic rings. The number of thioether (sulfide) groups is 1. The van der Waals surface area contributed by atoms with Gasteiger partial charge in [0.15, 0.2) is 0 Å². The molecule has 15 heteroatoms. The highest BCUT2D eigenvalue weighted by molar-refractivity contribution is 8.00. The Balaban J connectivity index is 1.17. The first-order chi connectivity index (χ1) is 18.9. The van der Waals surface area contributed by atoms with Crippen molar-refractivity contribution in [1.29, 1.82) is 0 Å². The number of carbonyl (C=O) groups is 2. The number of methoxy groups -OCH3 is 1. The summed E-state index contributed by atoms with van der Waals surface area (Å²) in [4.78, 5) is 43.5. The first-order valence-electron chi connectivity index (χ1n) is 13.4. The average Bonchev–Trinajstić information content (AvgIpc) is 3.47. The number of rotatable bonds is 5. The fraction of sp³-hybridized carbons (Fsp3) is 0.720. The lowest BCUT2D eigenvalue weighted by molar-refractivity contribution is -0.183. The number of amides is 2. The number of H-pyrrole nitrogens is 1. The molecule has 5 heterocycles. The molecular formula is C25H34ClF3N6O4S. The van der Waals surface area contributed by atoms with E-state index in [9.17, 15) is 27.6 Å². The molecule has 4 aliphatic heterocycles. The lowest BCUT2D eigenvalue weighted by Gasteiger charge is -2.38. The third kappa shape index (κ3) is 6.16. The normalized spacial score (nSPS) is 36.4. The molecule has 0 aliphatic carbocycles. The van der Waals surface area contributed by atoms with Crippen LogP contribution in [0.1, 0.15) is 37.7 Å². The van der Waals surface area contributed by atoms with Crippen molar-refractivity contribution < 1.29 is 27.5 Å². The Hall–Kier alpha value is -1.84. The van der Waals surface area contributed by atoms with Crippen molar-refractivity contribution in [3.8, 4) is 0 Å². The summed E-state index contributed by atoms with van der Waals surface area (Å²) in [6.45, 7) is 3.24. The van der Waals surface area contributed by atoms with Gasteiger partial charge in [-0.2, -0.15) is 13.2 Å². The van der Waals surface area contributed by atoms with E-state index in [-0.39, 0.29) is 59.0 Å². The minimum absolute atomic E-state index is 0.0193. The number of aromatic amines is 1. The summed E-state index contributed by atoms with van der Waals surface area (Å²) < 4.78 is 44.7. The van der Waals surface area contributed by atoms with Gasteiger partial charge in [0.05, 0.1) is 16.9 Å². The standard InChI is InChI=1S/C25H34ClF3N6O4S/c1-11-5-14(15-6-12(26)7-31-20(15)36)16(8-30-11)21(37)34-24-32-17-9-35(10-18(17)40-24)23(38)13-3-4-19(25(27,28)29)33-22(13)39-2/h6-7,11,13-14,16-19,22,24,30,32-33H,3-5,8-10H2,1-2H3,(H,31,36)(H,34,37). The smallest absolute Gasteiger partial charge is 0.366 e. The van der Waals surface area contributed by atoms with Crippen LogP contribution in [0.2, 0.25) is 5.02 Å². The molecular weight excluding hydrogens is 573 g/mol. The molecule has 9 unspecified atom stereocenters. The highest BCUT2D eigenvalue weighted by Gasteiger charge is 2.50. The van der Waals surface area contributed by atoms with Crippen molar-refractivity contribution >= 4 is 35.2 Å². The van der Waals surface area contributed by atoms with Gasteiger partial charge in [-0.25, -0.2) is 0 Å². The number of aromatic nitrogens is 1. The molecule has 0 bridgehead atoms. The lowest BCUT2D eigenvalue weighted by atomic mass is 9.78. The second-order valence-corrected chi connectivity index (χ2v) is 12.8. The maximum Gasteiger partial charge on any atom is 0.403 e. The molecule has 1 aromatic heterocycles. The summed E-state index contributed by atoms with van der Waals surface area (Å²) in [5, 5.41) is 12.6. The number of hydrogen-bond acceptors (Lipinski definition) is 8. The van der Waals surface area contributed by atoms with Crippen LogP contribution in [0, 0.1) is 11.8 Å². The van der Waals surface area contributed by atoms with Gasteiger partial charge in [0.25, 0.3) is 5.56 Å². The van der Waals surface area contributed by atoms with E-state index in [1.807, 2.05) is 6.92 Å². The second-order valence-electron chi connectivity index (χ2n) is 11.0. The largest absolute Gasteiger partial charge is 0.403 e. The van der Waals surface area contributed by atoms with Gasteiger partial charge < -0.3 is 25.3 Å². The van der Waals surface area contributed by atoms with E-state index >= 15 is 0 Å². The number of alkyl halides is 3. The van der Waals surface area contributed by atoms with E-state index in [4.69, 9.17) is 16.3 Å². The van der Waals surface area contributed by atoms with Crippen LogP contribution >= 0.6 is 23.4 Å². The number of nitrogens with one attached hydrogen (secondary N) is 5. The molecule has 4 fully saturated rings. The predicted molar refractivity (Wildman–Crippen MR) is 144 cm³/mol. The zero-order chi connectivity index (χ0) is 28.8. The monoisotopic (exact) mass is 606 g/mol. The summed E-state index contributed by atoms with van der Waals surface area (Å²) in [5.74, 6) is -1.88. The molecule has 40 heavy (non-hydrogen) atoms. The van der Waals surface area contributed by atoms with Crippen molar-refractivity contribution in [2.45, 2.75) is 73.4 Å². The van der Waals surface area contributed by atoms with Crippen LogP contribution in [0.15, 0.2) is 17.1 Å². The van der Waals surface area contributed by atoms with Crippen LogP contribution in [0.4, 0.5) is 13.2 Å². The summed E-state index contributed by atoms with van der Waals surface area (Å²) in [7, 11) is 1.30. The third-order valence-corrected chi connectivity index (χ3v) is 9.97. The second kappa shape index (κ2) is 11.8. The van der Waals surface area contributed by atoms with Crippen molar-refractivity contribution in [3.63, 3.8) is 0 Å². The zero-order valence-corrected chi connectivity index (χ0v) is 23.7. The van der Waals surface area contributed by atoms with E-state index in [2.05, 4.69) is 26.3 Å². The molecule has 4 saturated heterocycles. The quantitative estimate of drug-likeness (QED) is 0.340. The van der Waals surface area contributed by atoms with Gasteiger partial charge in [-0.3, -0.25) is 25.0 Å². The number of pyridine rings is 1. The minimum atomic E-state index is -4.40. The van der Waals surface area contributed by atoms with E-state index in [1.54, 1.807) is 11.0 Å². The highest BCUT2D eigenvalue weighted by Crippen LogP contribution is 2.37. The van der Waals surface area contributed by atoms with Crippen LogP contribution in [0.3, 0.4) is 0 Å². The van der Waals surface area contributed by atoms with Gasteiger partial charge in [0.1, 0.15) is 17.8 Å². The Labute approximate surface area is 238 Å². The van der Waals surface area contributed by atoms with Gasteiger partial charge in [-0.05, 0) is 32.3 Å². The molecule has 0 radical (unpaired) electrons. The van der Waals surface area contributed by atoms with Crippen molar-refractivity contribution in [3.05, 3.63) is 33.2 Å². The van der Waals surface area contributed by atoms with E-state index in [1.165, 1.54) is 25.1 Å². The van der Waals surface area contributed by atoms with Crippen LogP contribution in [0.25, 0.3) is 0 Å². The van der Waals surface area contributed by atoms with Crippen molar-refractivity contribution in [2.75, 3.05) is 26.7 Å². The van der Waals surface area contributed by atoms with Gasteiger partial charge in [0.2, 0.25) is 11.8 Å². The SMILES string of the molecule is COC1NC(C(F)(F)F)CCC1C(=O)N1CC2NC(NC(=O)C3CNC(C)CC3c3cc(Cl)c[nH]c3=O)SC2C1. The van der Waals surface area contributed by atoms with Crippen molar-refractivity contribution in [2.24, 2.45) is 11.8 Å². The Morgan fingerprint density at radius 2 is 1.98 bits per heavy atom. The Morgan fingerprint density at radius 1 is 1.20 bits per heavy atom. The van der Waals surface area contributed by atoms with Crippen LogP contribution in [-0.4, -0.2) is 89.7 Å². The molecule has 1 aromatic rings. The van der Waals surface area contributed by atoms with Crippen LogP contribution < -0.4 is 26.8 Å². The molecule has 9 atom stereocenters. The number of nitrogens with zero attached hydrogens (tertiary/aromatic N) is 1. The van der Waals surface area contributed by atoms with E-state index in [0.717, 1.165) is 0 Å². The Kier molecular flexibility index (Phi) is 8.75. The van der Waals surface area contributed by atoms with E-state index < -0.39 is 30.3 Å². The van der Waals surface area contributed by atoms with Gasteiger partial charge >= 0.3 is 6.18 Å². The first-order valence-corrected chi connectivity index (χ1v) is 14.7. The van der Waals surface area contributed by atoms with E-state index in [0.29, 0.717) is 36.6 Å². The molecule has 222 valence electrons. The number of fused-ring (bicyclic) bond motifs is 1. The number of carbonyl (C=O) groups excluding carboxylic acids is 2. The number of piperidine rings is 2. The van der Waals surface area contributed by atoms with Gasteiger partial charge in [-0.15, -0.1) is 11.8 Å². The molecule has 5 N–H and O–H groups in total. The number of ether oxygens (including phenoxy) is 1. The molecule has 5 rings (SSSR count). The fourth-order valence-corrected chi connectivity index (χ4v) is 7.89. The van der Waals surface area contributed by atoms with Crippen LogP contribution in [0.5, 0.6) is 0 Å². The number of likely N-dealkylation sites (tertiary alicyclic amines) is 1. The fourth-order valence-electron chi connectivity index (χ4n) is 6.31. The summed E-state index contributed by atoms with van der Waals surface area (Å²) in [6, 6.07) is -0.0109. The van der Waals surface area contributed by atoms with Crippen LogP contribution in [-0.2, 0) is 14.3 Å². The topological polar surface area (TPSA) is 128 Å². The molecule has 0 spiro atoms. The summed E-state index contributed by atoms with van der Waals surface area (Å²) >= 11 is 7.65. The first kappa shape index (κ1) is 29.6. The molecule has 10 nitrogen and oxygen atoms in total. The lowest BCUT2D eigenvalue weighted by Crippen LogP contribution is -2.58. The Bertz CT molecular complexity index is 1160. The maximum atomic E-state index is 13.4. The molecule has 0 aromatic carbocycles. The zero-order valence-electron chi connectivity index (χ0n) is 22.1. The number of hydrogen-bond donors (Lipinski definition) is 5. The molecule has 0 saturated carbocycles. The summed E-state index contributed by atoms with van der Waals surface area (Å²) in [5.41, 5.74) is -0.132. The predicted octanol–water partition coefficient (Wildman–Crippen LogP) is 1.33. The molecule has 2 amide bonds.